The Balaban J connectivity index is 1.85. The minimum Gasteiger partial charge on any atom is -0.334 e. The topological polar surface area (TPSA) is 40.5 Å². The van der Waals surface area contributed by atoms with Crippen LogP contribution in [0.1, 0.15) is 34.5 Å². The van der Waals surface area contributed by atoms with Crippen LogP contribution in [0.2, 0.25) is 5.02 Å². The number of amides is 2. The number of hydrogen-bond donors (Lipinski definition) is 1. The molecule has 5 nitrogen and oxygen atoms in total. The van der Waals surface area contributed by atoms with Gasteiger partial charge in [0.25, 0.3) is 0 Å². The number of urea groups is 1. The molecule has 7 heteroatoms. The highest BCUT2D eigenvalue weighted by atomic mass is 35.5. The van der Waals surface area contributed by atoms with Crippen molar-refractivity contribution in [1.82, 2.24) is 19.7 Å². The number of likely N-dealkylation sites (N-methyl/N-ethyl adjacent to an activating group) is 1. The van der Waals surface area contributed by atoms with Crippen LogP contribution in [0.25, 0.3) is 16.6 Å². The molecule has 5 rings (SSSR count). The largest absolute Gasteiger partial charge is 0.334 e. The zero-order chi connectivity index (χ0) is 23.4. The molecular weight excluding hydrogens is 415 g/mol. The van der Waals surface area contributed by atoms with E-state index in [1.807, 2.05) is 29.8 Å². The van der Waals surface area contributed by atoms with E-state index in [9.17, 15) is 9.18 Å². The SMILES string of the molecule is [2H]C1([2H])NC(=O)N(CC)C1(c1cn(-c2ccc(F)cc2)c2ccc(Cl)cc12)N1CCCCC1. The smallest absolute Gasteiger partial charge is 0.319 e. The Labute approximate surface area is 189 Å². The van der Waals surface area contributed by atoms with Crippen molar-refractivity contribution in [2.75, 3.05) is 26.1 Å². The second kappa shape index (κ2) is 7.84. The Kier molecular flexibility index (Phi) is 4.56. The second-order valence-corrected chi connectivity index (χ2v) is 8.51. The second-order valence-electron chi connectivity index (χ2n) is 8.07. The van der Waals surface area contributed by atoms with Gasteiger partial charge in [0.2, 0.25) is 0 Å². The minimum absolute atomic E-state index is 0.331. The molecule has 0 radical (unpaired) electrons. The van der Waals surface area contributed by atoms with Crippen LogP contribution in [0.15, 0.2) is 48.7 Å². The van der Waals surface area contributed by atoms with Gasteiger partial charge in [0, 0.05) is 47.5 Å². The van der Waals surface area contributed by atoms with Gasteiger partial charge in [-0.15, -0.1) is 0 Å². The molecule has 0 aliphatic carbocycles. The van der Waals surface area contributed by atoms with Gasteiger partial charge >= 0.3 is 6.03 Å². The van der Waals surface area contributed by atoms with E-state index in [4.69, 9.17) is 14.3 Å². The van der Waals surface area contributed by atoms with Crippen LogP contribution in [-0.2, 0) is 5.66 Å². The summed E-state index contributed by atoms with van der Waals surface area (Å²) in [6, 6.07) is 11.2. The zero-order valence-electron chi connectivity index (χ0n) is 19.4. The summed E-state index contributed by atoms with van der Waals surface area (Å²) >= 11 is 6.41. The van der Waals surface area contributed by atoms with Gasteiger partial charge in [-0.05, 0) is 62.2 Å². The molecule has 0 saturated carbocycles. The molecule has 0 bridgehead atoms. The molecule has 2 aliphatic rings. The molecule has 2 fully saturated rings. The third-order valence-electron chi connectivity index (χ3n) is 6.36. The van der Waals surface area contributed by atoms with Crippen molar-refractivity contribution < 1.29 is 11.9 Å². The first-order chi connectivity index (χ1) is 15.8. The van der Waals surface area contributed by atoms with Crippen LogP contribution >= 0.6 is 11.6 Å². The van der Waals surface area contributed by atoms with E-state index in [1.54, 1.807) is 23.1 Å². The lowest BCUT2D eigenvalue weighted by Crippen LogP contribution is -2.58. The summed E-state index contributed by atoms with van der Waals surface area (Å²) in [6.07, 6.45) is 4.82. The molecular formula is C24H26ClFN4O. The summed E-state index contributed by atoms with van der Waals surface area (Å²) < 4.78 is 33.7. The lowest BCUT2D eigenvalue weighted by molar-refractivity contribution is -0.0187. The number of rotatable bonds is 4. The molecule has 31 heavy (non-hydrogen) atoms. The summed E-state index contributed by atoms with van der Waals surface area (Å²) in [5.74, 6) is -0.331. The standard InChI is InChI=1S/C24H26ClFN4O/c1-2-30-23(31)27-16-24(30,28-12-4-3-5-13-28)21-15-29(19-9-7-18(26)8-10-19)22-11-6-17(25)14-20(21)22/h6-11,14-15H,2-5,12-13,16H2,1H3,(H,27,31)/i16D2. The first-order valence-electron chi connectivity index (χ1n) is 11.7. The van der Waals surface area contributed by atoms with Crippen LogP contribution in [-0.4, -0.2) is 46.5 Å². The lowest BCUT2D eigenvalue weighted by atomic mass is 9.93. The van der Waals surface area contributed by atoms with Crippen molar-refractivity contribution in [2.45, 2.75) is 31.8 Å². The molecule has 2 aliphatic heterocycles. The number of aromatic nitrogens is 1. The number of carbonyl (C=O) groups excluding carboxylic acids is 1. The average Bonchev–Trinajstić information content (AvgIpc) is 3.25. The fourth-order valence-electron chi connectivity index (χ4n) is 4.94. The maximum absolute atomic E-state index is 13.6. The molecule has 0 spiro atoms. The van der Waals surface area contributed by atoms with Crippen LogP contribution in [0.5, 0.6) is 0 Å². The predicted octanol–water partition coefficient (Wildman–Crippen LogP) is 5.11. The monoisotopic (exact) mass is 442 g/mol. The molecule has 2 amide bonds. The Morgan fingerprint density at radius 3 is 2.61 bits per heavy atom. The number of fused-ring (bicyclic) bond motifs is 1. The molecule has 1 atom stereocenters. The maximum Gasteiger partial charge on any atom is 0.319 e. The van der Waals surface area contributed by atoms with E-state index in [2.05, 4.69) is 10.2 Å². The maximum atomic E-state index is 13.6. The summed E-state index contributed by atoms with van der Waals surface area (Å²) in [6.45, 7) is 1.50. The van der Waals surface area contributed by atoms with Gasteiger partial charge in [0.05, 0.1) is 14.8 Å². The molecule has 162 valence electrons. The van der Waals surface area contributed by atoms with Crippen molar-refractivity contribution in [3.05, 3.63) is 65.1 Å². The van der Waals surface area contributed by atoms with E-state index in [0.29, 0.717) is 30.2 Å². The Morgan fingerprint density at radius 1 is 1.16 bits per heavy atom. The number of hydrogen-bond acceptors (Lipinski definition) is 2. The van der Waals surface area contributed by atoms with Gasteiger partial charge in [-0.1, -0.05) is 18.0 Å². The third-order valence-corrected chi connectivity index (χ3v) is 6.59. The fourth-order valence-corrected chi connectivity index (χ4v) is 5.11. The quantitative estimate of drug-likeness (QED) is 0.610. The first kappa shape index (κ1) is 18.0. The summed E-state index contributed by atoms with van der Waals surface area (Å²) in [5, 5.41) is 3.89. The summed E-state index contributed by atoms with van der Waals surface area (Å²) in [4.78, 5) is 16.7. The van der Waals surface area contributed by atoms with Crippen LogP contribution in [0.4, 0.5) is 9.18 Å². The van der Waals surface area contributed by atoms with Gasteiger partial charge in [-0.3, -0.25) is 4.90 Å². The molecule has 1 aromatic heterocycles. The van der Waals surface area contributed by atoms with E-state index in [-0.39, 0.29) is 5.82 Å². The van der Waals surface area contributed by atoms with Gasteiger partial charge in [0.1, 0.15) is 11.5 Å². The third kappa shape index (κ3) is 3.20. The highest BCUT2D eigenvalue weighted by molar-refractivity contribution is 6.31. The summed E-state index contributed by atoms with van der Waals surface area (Å²) in [7, 11) is 0. The number of halogens is 2. The predicted molar refractivity (Wildman–Crippen MR) is 121 cm³/mol. The van der Waals surface area contributed by atoms with E-state index < -0.39 is 18.2 Å². The number of likely N-dealkylation sites (tertiary alicyclic amines) is 1. The molecule has 1 N–H and O–H groups in total. The molecule has 3 aromatic rings. The minimum atomic E-state index is -2.05. The Morgan fingerprint density at radius 2 is 1.90 bits per heavy atom. The fraction of sp³-hybridized carbons (Fsp3) is 0.375. The summed E-state index contributed by atoms with van der Waals surface area (Å²) in [5.41, 5.74) is 0.859. The average molecular weight is 443 g/mol. The highest BCUT2D eigenvalue weighted by Gasteiger charge is 2.52. The Hall–Kier alpha value is -2.57. The molecule has 3 heterocycles. The van der Waals surface area contributed by atoms with Crippen molar-refractivity contribution in [3.63, 3.8) is 0 Å². The number of nitrogens with one attached hydrogen (secondary N) is 1. The van der Waals surface area contributed by atoms with Crippen molar-refractivity contribution in [1.29, 1.82) is 0 Å². The number of piperidine rings is 1. The van der Waals surface area contributed by atoms with Gasteiger partial charge in [-0.25, -0.2) is 9.18 Å². The van der Waals surface area contributed by atoms with Gasteiger partial charge in [-0.2, -0.15) is 0 Å². The van der Waals surface area contributed by atoms with Gasteiger partial charge in [0.15, 0.2) is 0 Å². The number of carbonyl (C=O) groups is 1. The normalized spacial score (nSPS) is 24.9. The van der Waals surface area contributed by atoms with E-state index in [0.717, 1.165) is 35.9 Å². The first-order valence-corrected chi connectivity index (χ1v) is 11.1. The van der Waals surface area contributed by atoms with Crippen molar-refractivity contribution in [3.8, 4) is 5.69 Å². The lowest BCUT2D eigenvalue weighted by Gasteiger charge is -2.47. The van der Waals surface area contributed by atoms with Crippen LogP contribution in [0, 0.1) is 5.82 Å². The van der Waals surface area contributed by atoms with Crippen molar-refractivity contribution in [2.24, 2.45) is 0 Å². The van der Waals surface area contributed by atoms with E-state index >= 15 is 0 Å². The molecule has 1 unspecified atom stereocenters. The number of benzene rings is 2. The van der Waals surface area contributed by atoms with Crippen LogP contribution in [0.3, 0.4) is 0 Å². The highest BCUT2D eigenvalue weighted by Crippen LogP contribution is 2.43. The van der Waals surface area contributed by atoms with E-state index in [1.165, 1.54) is 12.1 Å². The molecule has 2 saturated heterocycles. The molecule has 2 aromatic carbocycles. The number of nitrogens with zero attached hydrogens (tertiary/aromatic N) is 3. The van der Waals surface area contributed by atoms with Crippen LogP contribution < -0.4 is 5.32 Å². The Bertz CT molecular complexity index is 1210. The van der Waals surface area contributed by atoms with Gasteiger partial charge < -0.3 is 14.8 Å². The zero-order valence-corrected chi connectivity index (χ0v) is 18.1. The van der Waals surface area contributed by atoms with Crippen molar-refractivity contribution >= 4 is 28.5 Å².